The van der Waals surface area contributed by atoms with Gasteiger partial charge in [-0.05, 0) is 81.3 Å². The van der Waals surface area contributed by atoms with Gasteiger partial charge in [0.15, 0.2) is 0 Å². The second-order valence-electron chi connectivity index (χ2n) is 13.0. The average Bonchev–Trinajstić information content (AvgIpc) is 3.13. The van der Waals surface area contributed by atoms with Gasteiger partial charge in [0.05, 0.1) is 22.0 Å². The van der Waals surface area contributed by atoms with E-state index >= 15 is 0 Å². The van der Waals surface area contributed by atoms with E-state index in [0.717, 1.165) is 22.3 Å². The van der Waals surface area contributed by atoms with Crippen LogP contribution in [0.2, 0.25) is 5.02 Å². The Hall–Kier alpha value is -4.37. The molecule has 2 amide bonds. The number of nitrogens with one attached hydrogen (secondary N) is 1. The Morgan fingerprint density at radius 1 is 0.978 bits per heavy atom. The topological polar surface area (TPSA) is 103 Å². The van der Waals surface area contributed by atoms with Gasteiger partial charge in [-0.2, -0.15) is 0 Å². The van der Waals surface area contributed by atoms with Crippen LogP contribution in [0.1, 0.15) is 81.9 Å². The van der Waals surface area contributed by atoms with Crippen LogP contribution in [0.25, 0.3) is 22.0 Å². The van der Waals surface area contributed by atoms with E-state index in [1.54, 1.807) is 34.6 Å². The summed E-state index contributed by atoms with van der Waals surface area (Å²) in [5.74, 6) is 0.329. The number of halogens is 1. The molecule has 1 N–H and O–H groups in total. The second kappa shape index (κ2) is 12.8. The summed E-state index contributed by atoms with van der Waals surface area (Å²) in [7, 11) is 0. The van der Waals surface area contributed by atoms with Crippen LogP contribution in [0.5, 0.6) is 0 Å². The number of aromatic nitrogens is 2. The van der Waals surface area contributed by atoms with Gasteiger partial charge >= 0.3 is 12.2 Å². The summed E-state index contributed by atoms with van der Waals surface area (Å²) in [5.41, 5.74) is 4.12. The van der Waals surface area contributed by atoms with Crippen LogP contribution in [0, 0.1) is 0 Å². The first-order valence-electron chi connectivity index (χ1n) is 15.8. The number of carbonyl (C=O) groups excluding carboxylic acids is 2. The molecule has 6 rings (SSSR count). The Labute approximate surface area is 273 Å². The fourth-order valence-corrected chi connectivity index (χ4v) is 6.86. The average molecular weight is 643 g/mol. The van der Waals surface area contributed by atoms with Crippen molar-refractivity contribution in [2.45, 2.75) is 70.6 Å². The molecule has 0 saturated carbocycles. The van der Waals surface area contributed by atoms with Crippen molar-refractivity contribution in [1.82, 2.24) is 19.8 Å². The van der Waals surface area contributed by atoms with Crippen LogP contribution in [-0.4, -0.2) is 51.9 Å². The molecule has 1 aromatic heterocycles. The maximum Gasteiger partial charge on any atom is 0.410 e. The third-order valence-electron chi connectivity index (χ3n) is 8.69. The highest BCUT2D eigenvalue weighted by Crippen LogP contribution is 2.44. The SMILES string of the molecule is C[C@H](NC(=O)OCC1c2ccccc2-c2ccccc21)c1nc2cccc(Cl)c2c(=O)n1C1CCCN(C(=O)OC(C)(C)C)CC1. The molecule has 46 heavy (non-hydrogen) atoms. The molecule has 1 aliphatic carbocycles. The molecule has 240 valence electrons. The predicted octanol–water partition coefficient (Wildman–Crippen LogP) is 7.61. The van der Waals surface area contributed by atoms with Crippen LogP contribution >= 0.6 is 11.6 Å². The number of ether oxygens (including phenoxy) is 2. The van der Waals surface area contributed by atoms with Crippen molar-refractivity contribution in [3.05, 3.63) is 99.1 Å². The molecule has 10 heteroatoms. The molecule has 3 aromatic carbocycles. The molecule has 1 unspecified atom stereocenters. The molecule has 2 heterocycles. The predicted molar refractivity (Wildman–Crippen MR) is 178 cm³/mol. The van der Waals surface area contributed by atoms with Gasteiger partial charge in [0.1, 0.15) is 18.0 Å². The van der Waals surface area contributed by atoms with Crippen molar-refractivity contribution in [2.75, 3.05) is 19.7 Å². The van der Waals surface area contributed by atoms with Gasteiger partial charge in [-0.15, -0.1) is 0 Å². The summed E-state index contributed by atoms with van der Waals surface area (Å²) in [6, 6.07) is 20.6. The number of alkyl carbamates (subject to hydrolysis) is 1. The molecular formula is C36H39ClN4O5. The van der Waals surface area contributed by atoms with E-state index in [1.165, 1.54) is 0 Å². The third-order valence-corrected chi connectivity index (χ3v) is 9.00. The highest BCUT2D eigenvalue weighted by molar-refractivity contribution is 6.35. The summed E-state index contributed by atoms with van der Waals surface area (Å²) < 4.78 is 13.1. The van der Waals surface area contributed by atoms with Crippen LogP contribution in [-0.2, 0) is 9.47 Å². The molecule has 2 atom stereocenters. The van der Waals surface area contributed by atoms with Crippen molar-refractivity contribution >= 4 is 34.7 Å². The summed E-state index contributed by atoms with van der Waals surface area (Å²) in [5, 5.41) is 3.57. The van der Waals surface area contributed by atoms with Gasteiger partial charge in [0.2, 0.25) is 0 Å². The number of fused-ring (bicyclic) bond motifs is 4. The standard InChI is InChI=1S/C36H39ClN4O5/c1-22(38-34(43)45-21-28-26-14-7-5-12-24(26)25-13-6-8-15-27(25)28)32-39-30-17-9-16-29(37)31(30)33(42)41(32)23-11-10-19-40(20-18-23)35(44)46-36(2,3)4/h5-9,12-17,22-23,28H,10-11,18-21H2,1-4H3,(H,38,43)/t22-,23?/m0/s1. The van der Waals surface area contributed by atoms with E-state index in [0.29, 0.717) is 54.1 Å². The van der Waals surface area contributed by atoms with E-state index in [9.17, 15) is 14.4 Å². The minimum absolute atomic E-state index is 0.0773. The Kier molecular flexibility index (Phi) is 8.79. The largest absolute Gasteiger partial charge is 0.449 e. The Morgan fingerprint density at radius 3 is 2.33 bits per heavy atom. The first kappa shape index (κ1) is 31.6. The number of likely N-dealkylation sites (tertiary alicyclic amines) is 1. The first-order chi connectivity index (χ1) is 22.0. The lowest BCUT2D eigenvalue weighted by Gasteiger charge is -2.27. The lowest BCUT2D eigenvalue weighted by Crippen LogP contribution is -2.38. The van der Waals surface area contributed by atoms with Crippen molar-refractivity contribution in [3.8, 4) is 11.1 Å². The Morgan fingerprint density at radius 2 is 1.65 bits per heavy atom. The van der Waals surface area contributed by atoms with Crippen LogP contribution < -0.4 is 10.9 Å². The van der Waals surface area contributed by atoms with E-state index in [1.807, 2.05) is 45.0 Å². The molecule has 1 aliphatic heterocycles. The van der Waals surface area contributed by atoms with Gasteiger partial charge < -0.3 is 19.7 Å². The van der Waals surface area contributed by atoms with E-state index in [4.69, 9.17) is 26.1 Å². The molecule has 1 fully saturated rings. The monoisotopic (exact) mass is 642 g/mol. The maximum atomic E-state index is 14.1. The Bertz CT molecular complexity index is 1800. The van der Waals surface area contributed by atoms with E-state index in [2.05, 4.69) is 29.6 Å². The molecular weight excluding hydrogens is 604 g/mol. The van der Waals surface area contributed by atoms with Crippen LogP contribution in [0.3, 0.4) is 0 Å². The number of benzene rings is 3. The fourth-order valence-electron chi connectivity index (χ4n) is 6.61. The summed E-state index contributed by atoms with van der Waals surface area (Å²) in [6.45, 7) is 8.42. The maximum absolute atomic E-state index is 14.1. The van der Waals surface area contributed by atoms with Crippen LogP contribution in [0.4, 0.5) is 9.59 Å². The first-order valence-corrected chi connectivity index (χ1v) is 16.2. The zero-order chi connectivity index (χ0) is 32.6. The minimum atomic E-state index is -0.656. The number of hydrogen-bond donors (Lipinski definition) is 1. The van der Waals surface area contributed by atoms with Crippen molar-refractivity contribution in [3.63, 3.8) is 0 Å². The quantitative estimate of drug-likeness (QED) is 0.240. The smallest absolute Gasteiger partial charge is 0.410 e. The van der Waals surface area contributed by atoms with Crippen LogP contribution in [0.15, 0.2) is 71.5 Å². The van der Waals surface area contributed by atoms with Crippen molar-refractivity contribution < 1.29 is 19.1 Å². The highest BCUT2D eigenvalue weighted by Gasteiger charge is 2.31. The van der Waals surface area contributed by atoms with Gasteiger partial charge in [-0.1, -0.05) is 66.2 Å². The molecule has 0 radical (unpaired) electrons. The number of carbonyl (C=O) groups is 2. The molecule has 0 spiro atoms. The zero-order valence-corrected chi connectivity index (χ0v) is 27.3. The summed E-state index contributed by atoms with van der Waals surface area (Å²) >= 11 is 6.51. The van der Waals surface area contributed by atoms with E-state index < -0.39 is 17.7 Å². The number of hydrogen-bond acceptors (Lipinski definition) is 6. The van der Waals surface area contributed by atoms with Crippen molar-refractivity contribution in [2.24, 2.45) is 0 Å². The van der Waals surface area contributed by atoms with Gasteiger partial charge in [-0.3, -0.25) is 9.36 Å². The van der Waals surface area contributed by atoms with Gasteiger partial charge in [-0.25, -0.2) is 14.6 Å². The molecule has 9 nitrogen and oxygen atoms in total. The summed E-state index contributed by atoms with van der Waals surface area (Å²) in [6.07, 6.45) is 0.858. The Balaban J connectivity index is 1.24. The highest BCUT2D eigenvalue weighted by atomic mass is 35.5. The molecule has 1 saturated heterocycles. The van der Waals surface area contributed by atoms with Crippen molar-refractivity contribution in [1.29, 1.82) is 0 Å². The second-order valence-corrected chi connectivity index (χ2v) is 13.4. The lowest BCUT2D eigenvalue weighted by molar-refractivity contribution is 0.0255. The lowest BCUT2D eigenvalue weighted by atomic mass is 9.98. The normalized spacial score (nSPS) is 17.2. The molecule has 0 bridgehead atoms. The van der Waals surface area contributed by atoms with Gasteiger partial charge in [0.25, 0.3) is 5.56 Å². The van der Waals surface area contributed by atoms with E-state index in [-0.39, 0.29) is 30.2 Å². The number of amides is 2. The summed E-state index contributed by atoms with van der Waals surface area (Å²) in [4.78, 5) is 46.7. The number of rotatable bonds is 5. The van der Waals surface area contributed by atoms with Gasteiger partial charge in [0, 0.05) is 25.0 Å². The zero-order valence-electron chi connectivity index (χ0n) is 26.6. The minimum Gasteiger partial charge on any atom is -0.449 e. The molecule has 4 aromatic rings. The third kappa shape index (κ3) is 6.33. The molecule has 2 aliphatic rings. The number of nitrogens with zero attached hydrogens (tertiary/aromatic N) is 3. The fraction of sp³-hybridized carbons (Fsp3) is 0.389.